The summed E-state index contributed by atoms with van der Waals surface area (Å²) in [5.74, 6) is 1.67. The van der Waals surface area contributed by atoms with Gasteiger partial charge in [0.1, 0.15) is 11.8 Å². The lowest BCUT2D eigenvalue weighted by Gasteiger charge is -2.30. The Balaban J connectivity index is 2.06. The van der Waals surface area contributed by atoms with E-state index >= 15 is 0 Å². The first-order valence-corrected chi connectivity index (χ1v) is 11.9. The third kappa shape index (κ3) is 6.50. The van der Waals surface area contributed by atoms with Gasteiger partial charge in [-0.05, 0) is 24.6 Å². The molecule has 0 aliphatic heterocycles. The van der Waals surface area contributed by atoms with Gasteiger partial charge in [-0.3, -0.25) is 19.2 Å². The molecule has 1 amide bonds. The molecule has 0 aliphatic carbocycles. The van der Waals surface area contributed by atoms with Crippen molar-refractivity contribution >= 4 is 39.1 Å². The van der Waals surface area contributed by atoms with E-state index in [-0.39, 0.29) is 17.8 Å². The van der Waals surface area contributed by atoms with E-state index in [4.69, 9.17) is 4.42 Å². The van der Waals surface area contributed by atoms with E-state index in [1.54, 1.807) is 31.0 Å². The Morgan fingerprint density at radius 2 is 2.10 bits per heavy atom. The van der Waals surface area contributed by atoms with Crippen molar-refractivity contribution in [3.05, 3.63) is 58.5 Å². The maximum absolute atomic E-state index is 12.7. The van der Waals surface area contributed by atoms with Gasteiger partial charge in [0.05, 0.1) is 28.9 Å². The number of non-ortho nitro benzene ring substituents is 1. The molecule has 9 nitrogen and oxygen atoms in total. The zero-order valence-corrected chi connectivity index (χ0v) is 17.7. The first-order valence-electron chi connectivity index (χ1n) is 8.85. The summed E-state index contributed by atoms with van der Waals surface area (Å²) in [6.07, 6.45) is 2.78. The second kappa shape index (κ2) is 10.3. The maximum atomic E-state index is 12.7. The van der Waals surface area contributed by atoms with Crippen LogP contribution < -0.4 is 9.62 Å². The van der Waals surface area contributed by atoms with Gasteiger partial charge in [0.25, 0.3) is 5.69 Å². The van der Waals surface area contributed by atoms with Crippen LogP contribution >= 0.6 is 11.8 Å². The topological polar surface area (TPSA) is 123 Å². The van der Waals surface area contributed by atoms with Crippen LogP contribution in [0, 0.1) is 10.1 Å². The second-order valence-corrected chi connectivity index (χ2v) is 9.15. The number of carbonyl (C=O) groups excluding carboxylic acids is 1. The lowest BCUT2D eigenvalue weighted by Crippen LogP contribution is -2.49. The summed E-state index contributed by atoms with van der Waals surface area (Å²) in [5, 5.41) is 13.8. The normalized spacial score (nSPS) is 12.3. The van der Waals surface area contributed by atoms with Crippen LogP contribution in [0.1, 0.15) is 19.1 Å². The smallest absolute Gasteiger partial charge is 0.271 e. The minimum Gasteiger partial charge on any atom is -0.468 e. The molecule has 29 heavy (non-hydrogen) atoms. The Morgan fingerprint density at radius 3 is 2.69 bits per heavy atom. The number of anilines is 1. The summed E-state index contributed by atoms with van der Waals surface area (Å²) in [7, 11) is -3.85. The molecule has 1 unspecified atom stereocenters. The molecule has 0 radical (unpaired) electrons. The second-order valence-electron chi connectivity index (χ2n) is 6.18. The minimum atomic E-state index is -3.85. The number of sulfonamides is 1. The number of nitrogens with zero attached hydrogens (tertiary/aromatic N) is 2. The molecule has 158 valence electrons. The van der Waals surface area contributed by atoms with Crippen LogP contribution in [-0.4, -0.2) is 43.8 Å². The van der Waals surface area contributed by atoms with Crippen LogP contribution in [0.25, 0.3) is 0 Å². The number of nitro benzene ring substituents is 1. The SMILES string of the molecule is CCC(C(=O)NCCSCc1ccco1)N(c1cccc([N+](=O)[O-])c1)S(C)(=O)=O. The molecular formula is C18H23N3O6S2. The molecular weight excluding hydrogens is 418 g/mol. The van der Waals surface area contributed by atoms with E-state index in [1.807, 2.05) is 6.07 Å². The molecule has 1 atom stereocenters. The Hall–Kier alpha value is -2.53. The van der Waals surface area contributed by atoms with Crippen LogP contribution in [-0.2, 0) is 20.6 Å². The number of thioether (sulfide) groups is 1. The van der Waals surface area contributed by atoms with Gasteiger partial charge in [-0.2, -0.15) is 11.8 Å². The van der Waals surface area contributed by atoms with Crippen LogP contribution in [0.15, 0.2) is 47.1 Å². The Morgan fingerprint density at radius 1 is 1.34 bits per heavy atom. The van der Waals surface area contributed by atoms with Crippen LogP contribution in [0.5, 0.6) is 0 Å². The standard InChI is InChI=1S/C18H23N3O6S2/c1-3-17(18(22)19-9-11-28-13-16-8-5-10-27-16)20(29(2,25)26)14-6-4-7-15(12-14)21(23)24/h4-8,10,12,17H,3,9,11,13H2,1-2H3,(H,19,22). The quantitative estimate of drug-likeness (QED) is 0.323. The number of hydrogen-bond donors (Lipinski definition) is 1. The number of amides is 1. The van der Waals surface area contributed by atoms with Crippen molar-refractivity contribution in [2.45, 2.75) is 25.1 Å². The van der Waals surface area contributed by atoms with E-state index in [0.29, 0.717) is 18.1 Å². The third-order valence-electron chi connectivity index (χ3n) is 3.99. The zero-order valence-electron chi connectivity index (χ0n) is 16.1. The highest BCUT2D eigenvalue weighted by Gasteiger charge is 2.32. The van der Waals surface area contributed by atoms with Crippen molar-refractivity contribution in [1.29, 1.82) is 0 Å². The average molecular weight is 442 g/mol. The largest absolute Gasteiger partial charge is 0.468 e. The van der Waals surface area contributed by atoms with Gasteiger partial charge >= 0.3 is 0 Å². The van der Waals surface area contributed by atoms with Gasteiger partial charge in [-0.1, -0.05) is 13.0 Å². The number of nitrogens with one attached hydrogen (secondary N) is 1. The highest BCUT2D eigenvalue weighted by molar-refractivity contribution is 7.98. The van der Waals surface area contributed by atoms with Crippen molar-refractivity contribution in [3.8, 4) is 0 Å². The van der Waals surface area contributed by atoms with Crippen LogP contribution in [0.4, 0.5) is 11.4 Å². The van der Waals surface area contributed by atoms with Crippen molar-refractivity contribution < 1.29 is 22.6 Å². The molecule has 11 heteroatoms. The fourth-order valence-corrected chi connectivity index (χ4v) is 4.70. The monoisotopic (exact) mass is 441 g/mol. The van der Waals surface area contributed by atoms with Gasteiger partial charge in [0.15, 0.2) is 0 Å². The third-order valence-corrected chi connectivity index (χ3v) is 6.16. The fraction of sp³-hybridized carbons (Fsp3) is 0.389. The summed E-state index contributed by atoms with van der Waals surface area (Å²) in [4.78, 5) is 23.1. The number of furan rings is 1. The molecule has 1 heterocycles. The van der Waals surface area contributed by atoms with Crippen LogP contribution in [0.2, 0.25) is 0 Å². The molecule has 0 aliphatic rings. The van der Waals surface area contributed by atoms with Gasteiger partial charge in [-0.15, -0.1) is 0 Å². The number of hydrogen-bond acceptors (Lipinski definition) is 7. The lowest BCUT2D eigenvalue weighted by atomic mass is 10.2. The van der Waals surface area contributed by atoms with Gasteiger partial charge < -0.3 is 9.73 Å². The Bertz CT molecular complexity index is 931. The summed E-state index contributed by atoms with van der Waals surface area (Å²) < 4.78 is 30.9. The van der Waals surface area contributed by atoms with Crippen molar-refractivity contribution in [3.63, 3.8) is 0 Å². The van der Waals surface area contributed by atoms with Gasteiger partial charge in [0.2, 0.25) is 15.9 Å². The van der Waals surface area contributed by atoms with E-state index in [1.165, 1.54) is 18.2 Å². The van der Waals surface area contributed by atoms with Crippen molar-refractivity contribution in [1.82, 2.24) is 5.32 Å². The molecule has 0 saturated carbocycles. The zero-order chi connectivity index (χ0) is 21.4. The molecule has 1 aromatic carbocycles. The van der Waals surface area contributed by atoms with Gasteiger partial charge in [-0.25, -0.2) is 8.42 Å². The summed E-state index contributed by atoms with van der Waals surface area (Å²) >= 11 is 1.57. The summed E-state index contributed by atoms with van der Waals surface area (Å²) in [6, 6.07) is 7.89. The highest BCUT2D eigenvalue weighted by Crippen LogP contribution is 2.26. The van der Waals surface area contributed by atoms with Crippen molar-refractivity contribution in [2.75, 3.05) is 22.9 Å². The number of rotatable bonds is 11. The molecule has 1 aromatic heterocycles. The predicted molar refractivity (Wildman–Crippen MR) is 112 cm³/mol. The Labute approximate surface area is 173 Å². The van der Waals surface area contributed by atoms with Gasteiger partial charge in [0, 0.05) is 24.4 Å². The lowest BCUT2D eigenvalue weighted by molar-refractivity contribution is -0.384. The first kappa shape index (κ1) is 22.8. The molecule has 0 saturated heterocycles. The molecule has 2 rings (SSSR count). The van der Waals surface area contributed by atoms with E-state index in [9.17, 15) is 23.3 Å². The maximum Gasteiger partial charge on any atom is 0.271 e. The molecule has 1 N–H and O–H groups in total. The molecule has 0 spiro atoms. The molecule has 2 aromatic rings. The predicted octanol–water partition coefficient (Wildman–Crippen LogP) is 2.78. The Kier molecular flexibility index (Phi) is 8.09. The average Bonchev–Trinajstić information content (AvgIpc) is 3.18. The summed E-state index contributed by atoms with van der Waals surface area (Å²) in [5.41, 5.74) is -0.170. The number of nitro groups is 1. The van der Waals surface area contributed by atoms with E-state index < -0.39 is 26.9 Å². The number of benzene rings is 1. The number of carbonyl (C=O) groups is 1. The highest BCUT2D eigenvalue weighted by atomic mass is 32.2. The van der Waals surface area contributed by atoms with E-state index in [2.05, 4.69) is 5.32 Å². The molecule has 0 bridgehead atoms. The minimum absolute atomic E-state index is 0.0795. The van der Waals surface area contributed by atoms with E-state index in [0.717, 1.165) is 22.4 Å². The van der Waals surface area contributed by atoms with Crippen LogP contribution in [0.3, 0.4) is 0 Å². The van der Waals surface area contributed by atoms with Crippen molar-refractivity contribution in [2.24, 2.45) is 0 Å². The summed E-state index contributed by atoms with van der Waals surface area (Å²) in [6.45, 7) is 2.04. The fourth-order valence-electron chi connectivity index (χ4n) is 2.74. The first-order chi connectivity index (χ1) is 13.7. The molecule has 0 fully saturated rings.